The van der Waals surface area contributed by atoms with Gasteiger partial charge < -0.3 is 4.90 Å². The number of carbonyl (C=O) groups is 1. The number of benzodiazepines with no additional fused rings is 1. The fourth-order valence-electron chi connectivity index (χ4n) is 2.90. The number of halogens is 2. The molecule has 1 aliphatic rings. The van der Waals surface area contributed by atoms with E-state index in [4.69, 9.17) is 28.2 Å². The van der Waals surface area contributed by atoms with Crippen molar-refractivity contribution in [3.63, 3.8) is 0 Å². The van der Waals surface area contributed by atoms with E-state index in [0.717, 1.165) is 28.9 Å². The number of alkyl halides is 1. The number of rotatable bonds is 4. The maximum Gasteiger partial charge on any atom is 0.251 e. The van der Waals surface area contributed by atoms with Gasteiger partial charge in [0.1, 0.15) is 6.04 Å². The summed E-state index contributed by atoms with van der Waals surface area (Å²) < 4.78 is 0. The van der Waals surface area contributed by atoms with Crippen LogP contribution in [0, 0.1) is 0 Å². The highest BCUT2D eigenvalue weighted by atomic mass is 35.5. The normalized spacial score (nSPS) is 17.3. The van der Waals surface area contributed by atoms with E-state index < -0.39 is 6.04 Å². The fourth-order valence-corrected chi connectivity index (χ4v) is 3.22. The van der Waals surface area contributed by atoms with E-state index in [1.54, 1.807) is 18.0 Å². The maximum absolute atomic E-state index is 12.8. The van der Waals surface area contributed by atoms with Gasteiger partial charge in [-0.05, 0) is 31.0 Å². The zero-order valence-electron chi connectivity index (χ0n) is 13.4. The number of fused-ring (bicyclic) bond motifs is 1. The molecule has 2 aromatic rings. The number of amides is 1. The molecule has 0 saturated heterocycles. The third-order valence-electron chi connectivity index (χ3n) is 4.13. The zero-order chi connectivity index (χ0) is 17.1. The average Bonchev–Trinajstić information content (AvgIpc) is 2.70. The smallest absolute Gasteiger partial charge is 0.251 e. The lowest BCUT2D eigenvalue weighted by molar-refractivity contribution is -0.119. The quantitative estimate of drug-likeness (QED) is 0.736. The van der Waals surface area contributed by atoms with E-state index in [9.17, 15) is 4.79 Å². The van der Waals surface area contributed by atoms with Crippen LogP contribution < -0.4 is 4.90 Å². The van der Waals surface area contributed by atoms with E-state index in [0.29, 0.717) is 17.3 Å². The van der Waals surface area contributed by atoms with E-state index in [1.807, 2.05) is 42.5 Å². The standard InChI is InChI=1S/C19H18Cl2N2O/c1-23-17-10-9-14(21)12-15(17)18(13-6-3-2-4-7-13)22-16(19(23)24)8-5-11-20/h2-4,6-7,9-10,12,16H,5,8,11H2,1H3. The number of carbonyl (C=O) groups excluding carboxylic acids is 1. The van der Waals surface area contributed by atoms with Gasteiger partial charge in [0.05, 0.1) is 11.4 Å². The van der Waals surface area contributed by atoms with Crippen LogP contribution in [-0.2, 0) is 4.79 Å². The molecule has 1 amide bonds. The predicted molar refractivity (Wildman–Crippen MR) is 101 cm³/mol. The molecule has 2 aromatic carbocycles. The van der Waals surface area contributed by atoms with Crippen LogP contribution in [-0.4, -0.2) is 30.6 Å². The SMILES string of the molecule is CN1C(=O)C(CCCCl)N=C(c2ccccc2)c2cc(Cl)ccc21. The molecule has 0 aliphatic carbocycles. The number of aliphatic imine (C=N–C) groups is 1. The molecule has 3 rings (SSSR count). The molecule has 24 heavy (non-hydrogen) atoms. The van der Waals surface area contributed by atoms with Gasteiger partial charge in [-0.25, -0.2) is 0 Å². The molecule has 1 heterocycles. The van der Waals surface area contributed by atoms with Crippen molar-refractivity contribution in [1.82, 2.24) is 0 Å². The summed E-state index contributed by atoms with van der Waals surface area (Å²) in [6.07, 6.45) is 1.37. The molecular formula is C19H18Cl2N2O. The molecule has 0 radical (unpaired) electrons. The average molecular weight is 361 g/mol. The van der Waals surface area contributed by atoms with Crippen molar-refractivity contribution in [2.24, 2.45) is 4.99 Å². The Morgan fingerprint density at radius 2 is 1.92 bits per heavy atom. The van der Waals surface area contributed by atoms with Crippen molar-refractivity contribution in [3.05, 3.63) is 64.7 Å². The molecular weight excluding hydrogens is 343 g/mol. The fraction of sp³-hybridized carbons (Fsp3) is 0.263. The second-order valence-corrected chi connectivity index (χ2v) is 6.56. The lowest BCUT2D eigenvalue weighted by Crippen LogP contribution is -2.34. The Balaban J connectivity index is 2.18. The number of likely N-dealkylation sites (N-methyl/N-ethyl adjacent to an activating group) is 1. The van der Waals surface area contributed by atoms with Gasteiger partial charge in [0.2, 0.25) is 0 Å². The first kappa shape index (κ1) is 17.0. The molecule has 1 aliphatic heterocycles. The van der Waals surface area contributed by atoms with Crippen LogP contribution in [0.2, 0.25) is 5.02 Å². The second-order valence-electron chi connectivity index (χ2n) is 5.75. The number of benzene rings is 2. The maximum atomic E-state index is 12.8. The minimum absolute atomic E-state index is 0.0189. The second kappa shape index (κ2) is 7.37. The highest BCUT2D eigenvalue weighted by Crippen LogP contribution is 2.30. The molecule has 1 atom stereocenters. The van der Waals surface area contributed by atoms with Crippen LogP contribution in [0.15, 0.2) is 53.5 Å². The molecule has 3 nitrogen and oxygen atoms in total. The Labute approximate surface area is 151 Å². The zero-order valence-corrected chi connectivity index (χ0v) is 14.9. The van der Waals surface area contributed by atoms with Crippen molar-refractivity contribution in [2.45, 2.75) is 18.9 Å². The van der Waals surface area contributed by atoms with Gasteiger partial charge >= 0.3 is 0 Å². The van der Waals surface area contributed by atoms with Crippen molar-refractivity contribution in [2.75, 3.05) is 17.8 Å². The molecule has 124 valence electrons. The summed E-state index contributed by atoms with van der Waals surface area (Å²) >= 11 is 12.0. The molecule has 0 saturated carbocycles. The molecule has 0 N–H and O–H groups in total. The first-order valence-electron chi connectivity index (χ1n) is 7.88. The van der Waals surface area contributed by atoms with Crippen molar-refractivity contribution < 1.29 is 4.79 Å². The monoisotopic (exact) mass is 360 g/mol. The topological polar surface area (TPSA) is 32.7 Å². The summed E-state index contributed by atoms with van der Waals surface area (Å²) in [5.74, 6) is 0.497. The molecule has 0 fully saturated rings. The van der Waals surface area contributed by atoms with Gasteiger partial charge in [-0.15, -0.1) is 11.6 Å². The van der Waals surface area contributed by atoms with Gasteiger partial charge in [0, 0.05) is 29.1 Å². The number of hydrogen-bond acceptors (Lipinski definition) is 2. The Morgan fingerprint density at radius 1 is 1.17 bits per heavy atom. The number of hydrogen-bond donors (Lipinski definition) is 0. The van der Waals surface area contributed by atoms with Gasteiger partial charge in [0.15, 0.2) is 0 Å². The van der Waals surface area contributed by atoms with Gasteiger partial charge in [0.25, 0.3) is 5.91 Å². The lowest BCUT2D eigenvalue weighted by atomic mass is 10.0. The number of anilines is 1. The molecule has 0 spiro atoms. The van der Waals surface area contributed by atoms with E-state index >= 15 is 0 Å². The van der Waals surface area contributed by atoms with Crippen LogP contribution in [0.1, 0.15) is 24.0 Å². The summed E-state index contributed by atoms with van der Waals surface area (Å²) in [5, 5.41) is 0.623. The largest absolute Gasteiger partial charge is 0.313 e. The minimum Gasteiger partial charge on any atom is -0.313 e. The minimum atomic E-state index is -0.435. The lowest BCUT2D eigenvalue weighted by Gasteiger charge is -2.20. The Kier molecular flexibility index (Phi) is 5.22. The van der Waals surface area contributed by atoms with Crippen LogP contribution in [0.5, 0.6) is 0 Å². The van der Waals surface area contributed by atoms with Gasteiger partial charge in [-0.1, -0.05) is 41.9 Å². The summed E-state index contributed by atoms with van der Waals surface area (Å²) in [6.45, 7) is 0. The molecule has 5 heteroatoms. The highest BCUT2D eigenvalue weighted by molar-refractivity contribution is 6.32. The summed E-state index contributed by atoms with van der Waals surface area (Å²) in [4.78, 5) is 19.3. The third kappa shape index (κ3) is 3.33. The van der Waals surface area contributed by atoms with E-state index in [-0.39, 0.29) is 5.91 Å². The molecule has 0 aromatic heterocycles. The van der Waals surface area contributed by atoms with Crippen LogP contribution in [0.3, 0.4) is 0 Å². The summed E-state index contributed by atoms with van der Waals surface area (Å²) in [5.41, 5.74) is 3.46. The summed E-state index contributed by atoms with van der Waals surface area (Å²) in [6, 6.07) is 15.0. The third-order valence-corrected chi connectivity index (χ3v) is 4.64. The Bertz CT molecular complexity index is 774. The Morgan fingerprint density at radius 3 is 2.62 bits per heavy atom. The highest BCUT2D eigenvalue weighted by Gasteiger charge is 2.29. The first-order chi connectivity index (χ1) is 11.6. The molecule has 0 bridgehead atoms. The van der Waals surface area contributed by atoms with Crippen molar-refractivity contribution in [1.29, 1.82) is 0 Å². The molecule has 1 unspecified atom stereocenters. The van der Waals surface area contributed by atoms with Crippen molar-refractivity contribution >= 4 is 40.5 Å². The summed E-state index contributed by atoms with van der Waals surface area (Å²) in [7, 11) is 1.78. The van der Waals surface area contributed by atoms with Gasteiger partial charge in [-0.3, -0.25) is 9.79 Å². The van der Waals surface area contributed by atoms with Crippen molar-refractivity contribution in [3.8, 4) is 0 Å². The van der Waals surface area contributed by atoms with Crippen LogP contribution >= 0.6 is 23.2 Å². The van der Waals surface area contributed by atoms with E-state index in [2.05, 4.69) is 0 Å². The number of nitrogens with zero attached hydrogens (tertiary/aromatic N) is 2. The Hall–Kier alpha value is -1.84. The van der Waals surface area contributed by atoms with Gasteiger partial charge in [-0.2, -0.15) is 0 Å². The van der Waals surface area contributed by atoms with Crippen LogP contribution in [0.25, 0.3) is 0 Å². The van der Waals surface area contributed by atoms with Crippen LogP contribution in [0.4, 0.5) is 5.69 Å². The predicted octanol–water partition coefficient (Wildman–Crippen LogP) is 4.54. The first-order valence-corrected chi connectivity index (χ1v) is 8.79. The van der Waals surface area contributed by atoms with E-state index in [1.165, 1.54) is 0 Å².